The molecule has 44 heavy (non-hydrogen) atoms. The van der Waals surface area contributed by atoms with Gasteiger partial charge in [-0.3, -0.25) is 14.4 Å². The Labute approximate surface area is 253 Å². The number of nitrogens with zero attached hydrogens (tertiary/aromatic N) is 1. The number of anilines is 1. The van der Waals surface area contributed by atoms with Crippen molar-refractivity contribution in [3.63, 3.8) is 0 Å². The fraction of sp³-hybridized carbons (Fsp3) is 0.345. The van der Waals surface area contributed by atoms with E-state index in [9.17, 15) is 31.9 Å². The Balaban J connectivity index is 0.00000156. The van der Waals surface area contributed by atoms with Crippen LogP contribution in [0.5, 0.6) is 0 Å². The number of rotatable bonds is 12. The number of nitrogens with one attached hydrogen (secondary N) is 1. The Hall–Kier alpha value is -3.81. The summed E-state index contributed by atoms with van der Waals surface area (Å²) in [5.74, 6) is -1.72. The van der Waals surface area contributed by atoms with E-state index >= 15 is 0 Å². The molecule has 3 rings (SSSR count). The summed E-state index contributed by atoms with van der Waals surface area (Å²) >= 11 is 0. The number of ether oxygens (including phenoxy) is 1. The SMILES string of the molecule is CCOC1=CC(=O)CC=C1c1ccc(CC(=O)Nc2cc(C(=O)CCCN(C)C)cc(C(F)(F)F)c2)c(F)c1.O=[P+]([O-])OO.[HH]. The second kappa shape index (κ2) is 16.9. The highest BCUT2D eigenvalue weighted by Crippen LogP contribution is 2.33. The van der Waals surface area contributed by atoms with Crippen molar-refractivity contribution >= 4 is 37.0 Å². The molecular formula is C29H33F4N2O8P. The maximum Gasteiger partial charge on any atom is 0.521 e. The van der Waals surface area contributed by atoms with E-state index in [1.807, 2.05) is 19.0 Å². The molecule has 10 nitrogen and oxygen atoms in total. The number of allylic oxidation sites excluding steroid dienone is 3. The first-order chi connectivity index (χ1) is 20.6. The van der Waals surface area contributed by atoms with E-state index in [2.05, 4.69) is 9.99 Å². The summed E-state index contributed by atoms with van der Waals surface area (Å²) in [6.07, 6.45) is -1.51. The van der Waals surface area contributed by atoms with Gasteiger partial charge in [0, 0.05) is 41.8 Å². The first-order valence-corrected chi connectivity index (χ1v) is 14.3. The molecule has 0 spiro atoms. The van der Waals surface area contributed by atoms with E-state index in [0.717, 1.165) is 12.1 Å². The predicted octanol–water partition coefficient (Wildman–Crippen LogP) is 5.57. The van der Waals surface area contributed by atoms with Crippen LogP contribution in [-0.2, 0) is 36.2 Å². The van der Waals surface area contributed by atoms with Gasteiger partial charge in [-0.05, 0) is 73.9 Å². The van der Waals surface area contributed by atoms with Gasteiger partial charge in [0.2, 0.25) is 5.91 Å². The number of Topliss-reactive ketones (excluding diaryl/α,β-unsaturated/α-hetero) is 1. The summed E-state index contributed by atoms with van der Waals surface area (Å²) in [7, 11) is 0.603. The highest BCUT2D eigenvalue weighted by Gasteiger charge is 2.32. The molecule has 0 saturated heterocycles. The molecule has 0 aromatic heterocycles. The zero-order valence-electron chi connectivity index (χ0n) is 24.1. The summed E-state index contributed by atoms with van der Waals surface area (Å²) in [4.78, 5) is 47.7. The smallest absolute Gasteiger partial charge is 0.521 e. The molecule has 1 unspecified atom stereocenters. The number of alkyl halides is 3. The molecule has 1 amide bonds. The topological polar surface area (TPSA) is 145 Å². The lowest BCUT2D eigenvalue weighted by Gasteiger charge is -2.17. The molecule has 1 aliphatic rings. The molecule has 2 N–H and O–H groups in total. The van der Waals surface area contributed by atoms with Crippen molar-refractivity contribution in [1.29, 1.82) is 0 Å². The van der Waals surface area contributed by atoms with Crippen LogP contribution in [0.2, 0.25) is 0 Å². The van der Waals surface area contributed by atoms with Crippen LogP contribution in [0.4, 0.5) is 23.2 Å². The third-order valence-electron chi connectivity index (χ3n) is 6.02. The van der Waals surface area contributed by atoms with Gasteiger partial charge in [0.25, 0.3) is 0 Å². The zero-order valence-corrected chi connectivity index (χ0v) is 25.0. The third-order valence-corrected chi connectivity index (χ3v) is 6.16. The second-order valence-corrected chi connectivity index (χ2v) is 10.3. The number of hydrogen-bond donors (Lipinski definition) is 2. The van der Waals surface area contributed by atoms with Crippen molar-refractivity contribution in [3.8, 4) is 0 Å². The minimum atomic E-state index is -4.73. The normalized spacial score (nSPS) is 13.4. The number of carbonyl (C=O) groups is 3. The van der Waals surface area contributed by atoms with Gasteiger partial charge in [0.15, 0.2) is 11.6 Å². The van der Waals surface area contributed by atoms with Crippen LogP contribution >= 0.6 is 8.25 Å². The first kappa shape index (κ1) is 36.4. The molecule has 1 aliphatic carbocycles. The molecule has 1 atom stereocenters. The maximum absolute atomic E-state index is 14.9. The zero-order chi connectivity index (χ0) is 33.0. The number of benzene rings is 2. The van der Waals surface area contributed by atoms with Gasteiger partial charge in [-0.25, -0.2) is 9.65 Å². The van der Waals surface area contributed by atoms with Crippen molar-refractivity contribution in [2.24, 2.45) is 0 Å². The lowest BCUT2D eigenvalue weighted by molar-refractivity contribution is -0.244. The van der Waals surface area contributed by atoms with Gasteiger partial charge in [0.05, 0.1) is 18.6 Å². The molecular weight excluding hydrogens is 611 g/mol. The van der Waals surface area contributed by atoms with Crippen LogP contribution < -0.4 is 10.2 Å². The molecule has 2 aromatic carbocycles. The van der Waals surface area contributed by atoms with Crippen LogP contribution in [-0.4, -0.2) is 54.9 Å². The monoisotopic (exact) mass is 644 g/mol. The molecule has 0 fully saturated rings. The lowest BCUT2D eigenvalue weighted by Crippen LogP contribution is -2.17. The van der Waals surface area contributed by atoms with Crippen molar-refractivity contribution in [2.75, 3.05) is 32.6 Å². The number of amides is 1. The third kappa shape index (κ3) is 11.7. The standard InChI is InChI=1S/C29H30F4N2O4.HO4P.H2/c1-4-39-27-17-23(36)9-10-24(27)18-7-8-19(25(30)14-18)15-28(38)34-22-13-20(12-21(16-22)29(31,32)33)26(37)6-5-11-35(2)3;1-4-5(2)3;/h7-8,10,12-14,16-17H,4-6,9,11,15H2,1-3H3,(H,34,38);1H;1H. The quantitative estimate of drug-likeness (QED) is 0.0996. The van der Waals surface area contributed by atoms with Crippen LogP contribution in [0.3, 0.4) is 0 Å². The summed E-state index contributed by atoms with van der Waals surface area (Å²) in [5, 5.41) is 9.41. The highest BCUT2D eigenvalue weighted by atomic mass is 31.1. The molecule has 0 radical (unpaired) electrons. The Bertz CT molecular complexity index is 1450. The van der Waals surface area contributed by atoms with E-state index < -0.39 is 43.9 Å². The van der Waals surface area contributed by atoms with Gasteiger partial charge < -0.3 is 19.8 Å². The maximum atomic E-state index is 14.9. The van der Waals surface area contributed by atoms with E-state index in [0.29, 0.717) is 36.5 Å². The van der Waals surface area contributed by atoms with Crippen LogP contribution in [0, 0.1) is 5.82 Å². The number of halogens is 4. The minimum absolute atomic E-state index is 0. The molecule has 0 aliphatic heterocycles. The summed E-state index contributed by atoms with van der Waals surface area (Å²) < 4.78 is 72.5. The highest BCUT2D eigenvalue weighted by molar-refractivity contribution is 7.30. The molecule has 0 saturated carbocycles. The number of carbonyl (C=O) groups excluding carboxylic acids is 3. The Morgan fingerprint density at radius 1 is 1.18 bits per heavy atom. The average molecular weight is 645 g/mol. The van der Waals surface area contributed by atoms with Crippen molar-refractivity contribution in [3.05, 3.63) is 82.4 Å². The summed E-state index contributed by atoms with van der Waals surface area (Å²) in [6, 6.07) is 6.90. The minimum Gasteiger partial charge on any atom is -0.565 e. The van der Waals surface area contributed by atoms with Gasteiger partial charge in [-0.2, -0.15) is 13.2 Å². The fourth-order valence-corrected chi connectivity index (χ4v) is 4.08. The summed E-state index contributed by atoms with van der Waals surface area (Å²) in [6.45, 7) is 2.67. The molecule has 240 valence electrons. The average Bonchev–Trinajstić information content (AvgIpc) is 2.94. The predicted molar refractivity (Wildman–Crippen MR) is 153 cm³/mol. The first-order valence-electron chi connectivity index (χ1n) is 13.2. The second-order valence-electron chi connectivity index (χ2n) is 9.69. The van der Waals surface area contributed by atoms with Crippen LogP contribution in [0.1, 0.15) is 54.7 Å². The van der Waals surface area contributed by atoms with Gasteiger partial charge in [0.1, 0.15) is 11.6 Å². The van der Waals surface area contributed by atoms with Crippen molar-refractivity contribution in [1.82, 2.24) is 4.90 Å². The molecule has 2 aromatic rings. The van der Waals surface area contributed by atoms with Gasteiger partial charge >= 0.3 is 14.4 Å². The fourth-order valence-electron chi connectivity index (χ4n) is 4.08. The van der Waals surface area contributed by atoms with Crippen LogP contribution in [0.25, 0.3) is 5.57 Å². The molecule has 0 heterocycles. The molecule has 0 bridgehead atoms. The Morgan fingerprint density at radius 2 is 1.86 bits per heavy atom. The molecule has 15 heteroatoms. The van der Waals surface area contributed by atoms with Gasteiger partial charge in [-0.1, -0.05) is 18.2 Å². The Morgan fingerprint density at radius 3 is 2.43 bits per heavy atom. The van der Waals surface area contributed by atoms with E-state index in [4.69, 9.17) is 19.5 Å². The number of ketones is 2. The summed E-state index contributed by atoms with van der Waals surface area (Å²) in [5.41, 5.74) is -0.391. The Kier molecular flexibility index (Phi) is 14.0. The van der Waals surface area contributed by atoms with Crippen LogP contribution in [0.15, 0.2) is 54.3 Å². The van der Waals surface area contributed by atoms with E-state index in [-0.39, 0.29) is 36.9 Å². The van der Waals surface area contributed by atoms with E-state index in [1.165, 1.54) is 24.3 Å². The number of hydrogen-bond acceptors (Lipinski definition) is 9. The van der Waals surface area contributed by atoms with Gasteiger partial charge in [-0.15, -0.1) is 0 Å². The lowest BCUT2D eigenvalue weighted by atomic mass is 9.95. The van der Waals surface area contributed by atoms with E-state index in [1.54, 1.807) is 19.1 Å². The largest absolute Gasteiger partial charge is 0.565 e. The van der Waals surface area contributed by atoms with Crippen molar-refractivity contribution < 1.29 is 57.5 Å². The van der Waals surface area contributed by atoms with Crippen molar-refractivity contribution in [2.45, 2.75) is 38.8 Å².